The van der Waals surface area contributed by atoms with Crippen LogP contribution >= 0.6 is 11.6 Å². The van der Waals surface area contributed by atoms with Gasteiger partial charge in [0.2, 0.25) is 0 Å². The largest absolute Gasteiger partial charge is 0.339 e. The van der Waals surface area contributed by atoms with Crippen molar-refractivity contribution in [3.05, 3.63) is 28.5 Å². The molecule has 0 saturated heterocycles. The molecule has 100 valence electrons. The van der Waals surface area contributed by atoms with E-state index in [0.29, 0.717) is 23.2 Å². The van der Waals surface area contributed by atoms with E-state index in [1.807, 2.05) is 18.7 Å². The number of hydrogen-bond donors (Lipinski definition) is 0. The highest BCUT2D eigenvalue weighted by Gasteiger charge is 2.17. The lowest BCUT2D eigenvalue weighted by Crippen LogP contribution is -2.34. The van der Waals surface area contributed by atoms with Crippen molar-refractivity contribution in [1.82, 2.24) is 9.88 Å². The zero-order valence-corrected chi connectivity index (χ0v) is 12.3. The molecule has 0 aliphatic rings. The standard InChI is InChI=1S/C14H21ClN2O/c1-5-10(3)9-17(6-2)14(18)12-7-11(4)16-13(15)8-12/h7-8,10H,5-6,9H2,1-4H3. The van der Waals surface area contributed by atoms with Crippen LogP contribution < -0.4 is 0 Å². The molecule has 4 heteroatoms. The summed E-state index contributed by atoms with van der Waals surface area (Å²) >= 11 is 5.89. The molecule has 0 saturated carbocycles. The van der Waals surface area contributed by atoms with E-state index in [2.05, 4.69) is 18.8 Å². The molecule has 1 amide bonds. The summed E-state index contributed by atoms with van der Waals surface area (Å²) in [6.07, 6.45) is 1.07. The Hall–Kier alpha value is -1.09. The Bertz CT molecular complexity index is 400. The van der Waals surface area contributed by atoms with Gasteiger partial charge in [0.15, 0.2) is 0 Å². The number of carbonyl (C=O) groups excluding carboxylic acids is 1. The van der Waals surface area contributed by atoms with Gasteiger partial charge in [-0.3, -0.25) is 4.79 Å². The molecule has 18 heavy (non-hydrogen) atoms. The molecule has 1 aromatic rings. The van der Waals surface area contributed by atoms with E-state index in [0.717, 1.165) is 18.7 Å². The second-order valence-electron chi connectivity index (χ2n) is 4.68. The molecule has 0 aromatic carbocycles. The predicted octanol–water partition coefficient (Wildman–Crippen LogP) is 3.55. The summed E-state index contributed by atoms with van der Waals surface area (Å²) in [4.78, 5) is 18.3. The van der Waals surface area contributed by atoms with Crippen LogP contribution in [-0.2, 0) is 0 Å². The Labute approximate surface area is 114 Å². The maximum atomic E-state index is 12.4. The summed E-state index contributed by atoms with van der Waals surface area (Å²) in [6, 6.07) is 3.42. The monoisotopic (exact) mass is 268 g/mol. The van der Waals surface area contributed by atoms with Gasteiger partial charge in [-0.25, -0.2) is 4.98 Å². The van der Waals surface area contributed by atoms with Crippen LogP contribution in [-0.4, -0.2) is 28.9 Å². The number of amides is 1. The average Bonchev–Trinajstić information content (AvgIpc) is 2.33. The minimum atomic E-state index is 0.0326. The molecule has 1 atom stereocenters. The molecular weight excluding hydrogens is 248 g/mol. The average molecular weight is 269 g/mol. The Kier molecular flexibility index (Phi) is 5.60. The van der Waals surface area contributed by atoms with Gasteiger partial charge in [-0.2, -0.15) is 0 Å². The summed E-state index contributed by atoms with van der Waals surface area (Å²) in [7, 11) is 0. The third kappa shape index (κ3) is 3.98. The van der Waals surface area contributed by atoms with Crippen molar-refractivity contribution in [3.8, 4) is 0 Å². The molecular formula is C14H21ClN2O. The minimum absolute atomic E-state index is 0.0326. The van der Waals surface area contributed by atoms with Crippen LogP contribution in [0.1, 0.15) is 43.2 Å². The smallest absolute Gasteiger partial charge is 0.254 e. The van der Waals surface area contributed by atoms with Gasteiger partial charge in [-0.1, -0.05) is 31.9 Å². The van der Waals surface area contributed by atoms with Crippen molar-refractivity contribution in [2.24, 2.45) is 5.92 Å². The fourth-order valence-electron chi connectivity index (χ4n) is 1.80. The fourth-order valence-corrected chi connectivity index (χ4v) is 2.05. The summed E-state index contributed by atoms with van der Waals surface area (Å²) in [5.41, 5.74) is 1.39. The number of nitrogens with zero attached hydrogens (tertiary/aromatic N) is 2. The zero-order chi connectivity index (χ0) is 13.7. The lowest BCUT2D eigenvalue weighted by molar-refractivity contribution is 0.0740. The molecule has 0 fully saturated rings. The SMILES string of the molecule is CCC(C)CN(CC)C(=O)c1cc(C)nc(Cl)c1. The summed E-state index contributed by atoms with van der Waals surface area (Å²) in [5.74, 6) is 0.539. The van der Waals surface area contributed by atoms with Crippen molar-refractivity contribution in [2.75, 3.05) is 13.1 Å². The lowest BCUT2D eigenvalue weighted by Gasteiger charge is -2.24. The van der Waals surface area contributed by atoms with Gasteiger partial charge >= 0.3 is 0 Å². The van der Waals surface area contributed by atoms with Gasteiger partial charge in [-0.15, -0.1) is 0 Å². The van der Waals surface area contributed by atoms with Gasteiger partial charge in [0.1, 0.15) is 5.15 Å². The van der Waals surface area contributed by atoms with Crippen molar-refractivity contribution in [2.45, 2.75) is 34.1 Å². The van der Waals surface area contributed by atoms with Gasteiger partial charge in [0.05, 0.1) is 0 Å². The third-order valence-electron chi connectivity index (χ3n) is 3.07. The van der Waals surface area contributed by atoms with Crippen LogP contribution in [0.25, 0.3) is 0 Å². The van der Waals surface area contributed by atoms with Crippen molar-refractivity contribution in [1.29, 1.82) is 0 Å². The second kappa shape index (κ2) is 6.74. The Morgan fingerprint density at radius 1 is 1.44 bits per heavy atom. The maximum absolute atomic E-state index is 12.4. The van der Waals surface area contributed by atoms with E-state index in [1.54, 1.807) is 12.1 Å². The minimum Gasteiger partial charge on any atom is -0.339 e. The van der Waals surface area contributed by atoms with E-state index < -0.39 is 0 Å². The molecule has 0 spiro atoms. The molecule has 1 rings (SSSR count). The molecule has 1 aromatic heterocycles. The van der Waals surface area contributed by atoms with Crippen LogP contribution in [0.5, 0.6) is 0 Å². The quantitative estimate of drug-likeness (QED) is 0.765. The Morgan fingerprint density at radius 3 is 2.61 bits per heavy atom. The van der Waals surface area contributed by atoms with Crippen LogP contribution in [0.2, 0.25) is 5.15 Å². The number of halogens is 1. The van der Waals surface area contributed by atoms with E-state index in [9.17, 15) is 4.79 Å². The topological polar surface area (TPSA) is 33.2 Å². The highest BCUT2D eigenvalue weighted by atomic mass is 35.5. The first-order valence-corrected chi connectivity index (χ1v) is 6.79. The van der Waals surface area contributed by atoms with Gasteiger partial charge < -0.3 is 4.90 Å². The molecule has 0 aliphatic carbocycles. The number of carbonyl (C=O) groups is 1. The highest BCUT2D eigenvalue weighted by molar-refractivity contribution is 6.29. The molecule has 0 aliphatic heterocycles. The summed E-state index contributed by atoms with van der Waals surface area (Å²) in [6.45, 7) is 9.62. The van der Waals surface area contributed by atoms with E-state index in [4.69, 9.17) is 11.6 Å². The lowest BCUT2D eigenvalue weighted by atomic mass is 10.1. The number of pyridine rings is 1. The van der Waals surface area contributed by atoms with Crippen molar-refractivity contribution >= 4 is 17.5 Å². The number of rotatable bonds is 5. The predicted molar refractivity (Wildman–Crippen MR) is 75.0 cm³/mol. The van der Waals surface area contributed by atoms with Crippen LogP contribution in [0.3, 0.4) is 0 Å². The van der Waals surface area contributed by atoms with Crippen molar-refractivity contribution < 1.29 is 4.79 Å². The molecule has 0 N–H and O–H groups in total. The molecule has 1 unspecified atom stereocenters. The number of aryl methyl sites for hydroxylation is 1. The van der Waals surface area contributed by atoms with E-state index in [-0.39, 0.29) is 5.91 Å². The highest BCUT2D eigenvalue weighted by Crippen LogP contribution is 2.14. The fraction of sp³-hybridized carbons (Fsp3) is 0.571. The Balaban J connectivity index is 2.89. The van der Waals surface area contributed by atoms with Gasteiger partial charge in [-0.05, 0) is 31.9 Å². The summed E-state index contributed by atoms with van der Waals surface area (Å²) in [5, 5.41) is 0.373. The number of aromatic nitrogens is 1. The van der Waals surface area contributed by atoms with Crippen LogP contribution in [0.4, 0.5) is 0 Å². The molecule has 0 radical (unpaired) electrons. The first-order valence-electron chi connectivity index (χ1n) is 6.41. The third-order valence-corrected chi connectivity index (χ3v) is 3.26. The first-order chi connectivity index (χ1) is 8.47. The molecule has 1 heterocycles. The summed E-state index contributed by atoms with van der Waals surface area (Å²) < 4.78 is 0. The Morgan fingerprint density at radius 2 is 2.11 bits per heavy atom. The van der Waals surface area contributed by atoms with E-state index in [1.165, 1.54) is 0 Å². The van der Waals surface area contributed by atoms with Crippen molar-refractivity contribution in [3.63, 3.8) is 0 Å². The molecule has 3 nitrogen and oxygen atoms in total. The molecule has 0 bridgehead atoms. The van der Waals surface area contributed by atoms with Crippen LogP contribution in [0.15, 0.2) is 12.1 Å². The van der Waals surface area contributed by atoms with Gasteiger partial charge in [0, 0.05) is 24.3 Å². The number of hydrogen-bond acceptors (Lipinski definition) is 2. The maximum Gasteiger partial charge on any atom is 0.254 e. The normalized spacial score (nSPS) is 12.3. The van der Waals surface area contributed by atoms with Gasteiger partial charge in [0.25, 0.3) is 5.91 Å². The van der Waals surface area contributed by atoms with E-state index >= 15 is 0 Å². The zero-order valence-electron chi connectivity index (χ0n) is 11.5. The second-order valence-corrected chi connectivity index (χ2v) is 5.06. The van der Waals surface area contributed by atoms with Crippen LogP contribution in [0, 0.1) is 12.8 Å². The first kappa shape index (κ1) is 15.0.